The molecule has 3 aromatic carbocycles. The molecule has 0 saturated carbocycles. The number of benzene rings is 3. The van der Waals surface area contributed by atoms with E-state index in [0.717, 1.165) is 11.1 Å². The normalized spacial score (nSPS) is 10.6. The molecule has 0 heterocycles. The van der Waals surface area contributed by atoms with Gasteiger partial charge in [-0.25, -0.2) is 4.79 Å². The van der Waals surface area contributed by atoms with Gasteiger partial charge in [-0.3, -0.25) is 0 Å². The summed E-state index contributed by atoms with van der Waals surface area (Å²) in [6.45, 7) is 2.09. The second-order valence-corrected chi connectivity index (χ2v) is 5.00. The van der Waals surface area contributed by atoms with E-state index in [9.17, 15) is 4.79 Å². The predicted molar refractivity (Wildman–Crippen MR) is 85.5 cm³/mol. The SMILES string of the molecule is COC(=O)c1ccccc1-c1ccc2ccccc2c1C. The first-order valence-electron chi connectivity index (χ1n) is 6.88. The summed E-state index contributed by atoms with van der Waals surface area (Å²) in [6, 6.07) is 20.0. The summed E-state index contributed by atoms with van der Waals surface area (Å²) < 4.78 is 4.89. The molecule has 0 aliphatic heterocycles. The number of methoxy groups -OCH3 is 1. The van der Waals surface area contributed by atoms with Gasteiger partial charge in [0.25, 0.3) is 0 Å². The van der Waals surface area contributed by atoms with Gasteiger partial charge in [-0.05, 0) is 40.5 Å². The van der Waals surface area contributed by atoms with Crippen LogP contribution in [0.3, 0.4) is 0 Å². The number of fused-ring (bicyclic) bond motifs is 1. The summed E-state index contributed by atoms with van der Waals surface area (Å²) >= 11 is 0. The van der Waals surface area contributed by atoms with Crippen LogP contribution in [0.2, 0.25) is 0 Å². The number of hydrogen-bond acceptors (Lipinski definition) is 2. The van der Waals surface area contributed by atoms with E-state index in [4.69, 9.17) is 4.74 Å². The zero-order valence-corrected chi connectivity index (χ0v) is 12.1. The Morgan fingerprint density at radius 3 is 2.38 bits per heavy atom. The fraction of sp³-hybridized carbons (Fsp3) is 0.105. The lowest BCUT2D eigenvalue weighted by atomic mass is 9.92. The molecule has 0 saturated heterocycles. The van der Waals surface area contributed by atoms with E-state index in [0.29, 0.717) is 5.56 Å². The molecule has 0 amide bonds. The quantitative estimate of drug-likeness (QED) is 0.639. The maximum Gasteiger partial charge on any atom is 0.338 e. The Kier molecular flexibility index (Phi) is 3.44. The molecule has 0 spiro atoms. The van der Waals surface area contributed by atoms with Gasteiger partial charge in [-0.2, -0.15) is 0 Å². The fourth-order valence-electron chi connectivity index (χ4n) is 2.72. The van der Waals surface area contributed by atoms with Crippen LogP contribution in [0.25, 0.3) is 21.9 Å². The van der Waals surface area contributed by atoms with E-state index < -0.39 is 0 Å². The summed E-state index contributed by atoms with van der Waals surface area (Å²) in [5.41, 5.74) is 3.74. The monoisotopic (exact) mass is 276 g/mol. The van der Waals surface area contributed by atoms with Crippen molar-refractivity contribution in [3.8, 4) is 11.1 Å². The average Bonchev–Trinajstić information content (AvgIpc) is 2.55. The highest BCUT2D eigenvalue weighted by molar-refractivity contribution is 6.00. The molecule has 2 nitrogen and oxygen atoms in total. The van der Waals surface area contributed by atoms with Crippen LogP contribution in [0.4, 0.5) is 0 Å². The Hall–Kier alpha value is -2.61. The summed E-state index contributed by atoms with van der Waals surface area (Å²) in [5, 5.41) is 2.41. The highest BCUT2D eigenvalue weighted by Crippen LogP contribution is 2.32. The Balaban J connectivity index is 2.26. The molecular weight excluding hydrogens is 260 g/mol. The van der Waals surface area contributed by atoms with Gasteiger partial charge < -0.3 is 4.74 Å². The third-order valence-electron chi connectivity index (χ3n) is 3.82. The topological polar surface area (TPSA) is 26.3 Å². The third kappa shape index (κ3) is 2.29. The third-order valence-corrected chi connectivity index (χ3v) is 3.82. The lowest BCUT2D eigenvalue weighted by Gasteiger charge is -2.12. The van der Waals surface area contributed by atoms with Gasteiger partial charge in [0.15, 0.2) is 0 Å². The molecule has 2 heteroatoms. The van der Waals surface area contributed by atoms with Crippen LogP contribution in [0.5, 0.6) is 0 Å². The predicted octanol–water partition coefficient (Wildman–Crippen LogP) is 4.60. The highest BCUT2D eigenvalue weighted by Gasteiger charge is 2.14. The molecule has 104 valence electrons. The van der Waals surface area contributed by atoms with Crippen molar-refractivity contribution in [1.82, 2.24) is 0 Å². The molecular formula is C19H16O2. The van der Waals surface area contributed by atoms with Gasteiger partial charge in [0, 0.05) is 0 Å². The fourth-order valence-corrected chi connectivity index (χ4v) is 2.72. The second-order valence-electron chi connectivity index (χ2n) is 5.00. The van der Waals surface area contributed by atoms with E-state index in [1.165, 1.54) is 23.4 Å². The number of carbonyl (C=O) groups is 1. The van der Waals surface area contributed by atoms with Crippen molar-refractivity contribution < 1.29 is 9.53 Å². The van der Waals surface area contributed by atoms with E-state index >= 15 is 0 Å². The van der Waals surface area contributed by atoms with Crippen LogP contribution in [-0.4, -0.2) is 13.1 Å². The molecule has 0 N–H and O–H groups in total. The molecule has 0 unspecified atom stereocenters. The second kappa shape index (κ2) is 5.41. The molecule has 0 bridgehead atoms. The lowest BCUT2D eigenvalue weighted by molar-refractivity contribution is 0.0601. The van der Waals surface area contributed by atoms with Crippen LogP contribution >= 0.6 is 0 Å². The van der Waals surface area contributed by atoms with Crippen molar-refractivity contribution in [3.63, 3.8) is 0 Å². The van der Waals surface area contributed by atoms with Crippen LogP contribution in [-0.2, 0) is 4.74 Å². The lowest BCUT2D eigenvalue weighted by Crippen LogP contribution is -2.03. The first-order chi connectivity index (χ1) is 10.2. The largest absolute Gasteiger partial charge is 0.465 e. The van der Waals surface area contributed by atoms with Crippen molar-refractivity contribution in [1.29, 1.82) is 0 Å². The van der Waals surface area contributed by atoms with Crippen molar-refractivity contribution in [3.05, 3.63) is 71.8 Å². The van der Waals surface area contributed by atoms with E-state index in [-0.39, 0.29) is 5.97 Å². The molecule has 0 atom stereocenters. The van der Waals surface area contributed by atoms with Crippen molar-refractivity contribution in [2.24, 2.45) is 0 Å². The molecule has 0 radical (unpaired) electrons. The molecule has 0 aliphatic rings. The standard InChI is InChI=1S/C19H16O2/c1-13-15-8-4-3-7-14(15)11-12-16(13)17-9-5-6-10-18(17)19(20)21-2/h3-12H,1-2H3. The zero-order valence-electron chi connectivity index (χ0n) is 12.1. The number of aryl methyl sites for hydroxylation is 1. The molecule has 3 rings (SSSR count). The van der Waals surface area contributed by atoms with Crippen molar-refractivity contribution in [2.45, 2.75) is 6.92 Å². The first-order valence-corrected chi connectivity index (χ1v) is 6.88. The van der Waals surface area contributed by atoms with E-state index in [1.54, 1.807) is 6.07 Å². The Morgan fingerprint density at radius 1 is 0.857 bits per heavy atom. The zero-order chi connectivity index (χ0) is 14.8. The van der Waals surface area contributed by atoms with Gasteiger partial charge in [0.05, 0.1) is 12.7 Å². The van der Waals surface area contributed by atoms with Crippen LogP contribution < -0.4 is 0 Å². The van der Waals surface area contributed by atoms with Crippen molar-refractivity contribution in [2.75, 3.05) is 7.11 Å². The number of ether oxygens (including phenoxy) is 1. The average molecular weight is 276 g/mol. The molecule has 3 aromatic rings. The molecule has 21 heavy (non-hydrogen) atoms. The first kappa shape index (κ1) is 13.4. The van der Waals surface area contributed by atoms with E-state index in [1.807, 2.05) is 30.3 Å². The Labute approximate surface area is 124 Å². The summed E-state index contributed by atoms with van der Waals surface area (Å²) in [5.74, 6) is -0.307. The van der Waals surface area contributed by atoms with Gasteiger partial charge in [-0.15, -0.1) is 0 Å². The smallest absolute Gasteiger partial charge is 0.338 e. The van der Waals surface area contributed by atoms with Gasteiger partial charge in [-0.1, -0.05) is 54.6 Å². The summed E-state index contributed by atoms with van der Waals surface area (Å²) in [7, 11) is 1.41. The minimum Gasteiger partial charge on any atom is -0.465 e. The molecule has 0 aromatic heterocycles. The number of hydrogen-bond donors (Lipinski definition) is 0. The number of carbonyl (C=O) groups excluding carboxylic acids is 1. The molecule has 0 fully saturated rings. The van der Waals surface area contributed by atoms with Crippen LogP contribution in [0.15, 0.2) is 60.7 Å². The highest BCUT2D eigenvalue weighted by atomic mass is 16.5. The van der Waals surface area contributed by atoms with E-state index in [2.05, 4.69) is 31.2 Å². The molecule has 0 aliphatic carbocycles. The number of rotatable bonds is 2. The van der Waals surface area contributed by atoms with Gasteiger partial charge in [0.2, 0.25) is 0 Å². The maximum absolute atomic E-state index is 12.0. The summed E-state index contributed by atoms with van der Waals surface area (Å²) in [4.78, 5) is 12.0. The Bertz CT molecular complexity index is 819. The Morgan fingerprint density at radius 2 is 1.57 bits per heavy atom. The van der Waals surface area contributed by atoms with Gasteiger partial charge >= 0.3 is 5.97 Å². The van der Waals surface area contributed by atoms with Gasteiger partial charge in [0.1, 0.15) is 0 Å². The van der Waals surface area contributed by atoms with Crippen LogP contribution in [0, 0.1) is 6.92 Å². The number of esters is 1. The minimum absolute atomic E-state index is 0.307. The van der Waals surface area contributed by atoms with Crippen LogP contribution in [0.1, 0.15) is 15.9 Å². The van der Waals surface area contributed by atoms with Crippen molar-refractivity contribution >= 4 is 16.7 Å². The summed E-state index contributed by atoms with van der Waals surface area (Å²) in [6.07, 6.45) is 0. The minimum atomic E-state index is -0.307. The maximum atomic E-state index is 12.0.